The maximum absolute atomic E-state index is 11.7. The molecular formula is C17H15N5O3. The molecule has 0 radical (unpaired) electrons. The highest BCUT2D eigenvalue weighted by molar-refractivity contribution is 6.08. The van der Waals surface area contributed by atoms with Crippen molar-refractivity contribution in [3.63, 3.8) is 0 Å². The van der Waals surface area contributed by atoms with Crippen LogP contribution in [0.2, 0.25) is 0 Å². The topological polar surface area (TPSA) is 110 Å². The zero-order valence-corrected chi connectivity index (χ0v) is 13.2. The highest BCUT2D eigenvalue weighted by Gasteiger charge is 2.13. The van der Waals surface area contributed by atoms with E-state index < -0.39 is 6.09 Å². The maximum atomic E-state index is 11.7. The summed E-state index contributed by atoms with van der Waals surface area (Å²) >= 11 is 0. The lowest BCUT2D eigenvalue weighted by Gasteiger charge is -2.02. The van der Waals surface area contributed by atoms with Crippen LogP contribution in [-0.4, -0.2) is 43.0 Å². The van der Waals surface area contributed by atoms with Gasteiger partial charge < -0.3 is 10.4 Å². The number of carbonyl (C=O) groups excluding carboxylic acids is 1. The number of hydrogen-bond donors (Lipinski definition) is 2. The molecule has 3 heterocycles. The van der Waals surface area contributed by atoms with E-state index in [2.05, 4.69) is 20.3 Å². The third-order valence-corrected chi connectivity index (χ3v) is 3.48. The SMILES string of the molecule is O=C(C1=CCCN1)c1ccccc1.O=C(O)n1cnc2ncnc-2c1. The Morgan fingerprint density at radius 1 is 1.12 bits per heavy atom. The normalized spacial score (nSPS) is 12.7. The van der Waals surface area contributed by atoms with Crippen LogP contribution in [0.4, 0.5) is 4.79 Å². The zero-order valence-electron chi connectivity index (χ0n) is 13.2. The minimum atomic E-state index is -1.09. The Kier molecular flexibility index (Phi) is 4.79. The Hall–Kier alpha value is -3.55. The average molecular weight is 337 g/mol. The quantitative estimate of drug-likeness (QED) is 0.689. The second kappa shape index (κ2) is 7.35. The predicted molar refractivity (Wildman–Crippen MR) is 89.3 cm³/mol. The van der Waals surface area contributed by atoms with E-state index in [1.165, 1.54) is 18.9 Å². The summed E-state index contributed by atoms with van der Waals surface area (Å²) in [6.45, 7) is 0.883. The second-order valence-corrected chi connectivity index (χ2v) is 5.17. The lowest BCUT2D eigenvalue weighted by atomic mass is 10.1. The van der Waals surface area contributed by atoms with Gasteiger partial charge in [0.15, 0.2) is 5.82 Å². The van der Waals surface area contributed by atoms with Crippen LogP contribution in [0.25, 0.3) is 11.5 Å². The van der Waals surface area contributed by atoms with E-state index in [9.17, 15) is 9.59 Å². The number of nitrogens with one attached hydrogen (secondary N) is 1. The molecule has 3 aliphatic heterocycles. The molecule has 0 aliphatic carbocycles. The van der Waals surface area contributed by atoms with Crippen LogP contribution in [0.5, 0.6) is 0 Å². The molecule has 1 aromatic rings. The first-order valence-corrected chi connectivity index (χ1v) is 7.57. The minimum Gasteiger partial charge on any atom is -0.464 e. The highest BCUT2D eigenvalue weighted by atomic mass is 16.4. The number of allylic oxidation sites excluding steroid dienone is 1. The first-order valence-electron chi connectivity index (χ1n) is 7.57. The van der Waals surface area contributed by atoms with Gasteiger partial charge in [-0.25, -0.2) is 24.3 Å². The van der Waals surface area contributed by atoms with E-state index >= 15 is 0 Å². The molecule has 8 heteroatoms. The Morgan fingerprint density at radius 3 is 2.60 bits per heavy atom. The van der Waals surface area contributed by atoms with Crippen LogP contribution in [0.3, 0.4) is 0 Å². The number of hydrogen-bond acceptors (Lipinski definition) is 6. The number of aromatic nitrogens is 4. The van der Waals surface area contributed by atoms with Crippen molar-refractivity contribution < 1.29 is 14.7 Å². The van der Waals surface area contributed by atoms with E-state index in [0.29, 0.717) is 11.5 Å². The fourth-order valence-electron chi connectivity index (χ4n) is 2.26. The summed E-state index contributed by atoms with van der Waals surface area (Å²) in [7, 11) is 0. The number of nitrogens with zero attached hydrogens (tertiary/aromatic N) is 4. The third-order valence-electron chi connectivity index (χ3n) is 3.48. The Balaban J connectivity index is 0.000000146. The van der Waals surface area contributed by atoms with Crippen LogP contribution in [0.15, 0.2) is 61.0 Å². The van der Waals surface area contributed by atoms with Crippen molar-refractivity contribution in [2.75, 3.05) is 6.54 Å². The Labute approximate surface area is 143 Å². The van der Waals surface area contributed by atoms with Gasteiger partial charge in [-0.15, -0.1) is 0 Å². The number of ketones is 1. The molecule has 25 heavy (non-hydrogen) atoms. The van der Waals surface area contributed by atoms with Crippen molar-refractivity contribution in [1.29, 1.82) is 0 Å². The molecular weight excluding hydrogens is 322 g/mol. The van der Waals surface area contributed by atoms with E-state index in [0.717, 1.165) is 28.8 Å². The first kappa shape index (κ1) is 16.3. The number of Topliss-reactive ketones (excluding diaryl/α,β-unsaturated/α-hetero) is 1. The summed E-state index contributed by atoms with van der Waals surface area (Å²) in [5, 5.41) is 11.6. The van der Waals surface area contributed by atoms with Crippen molar-refractivity contribution >= 4 is 11.9 Å². The zero-order chi connectivity index (χ0) is 17.6. The van der Waals surface area contributed by atoms with E-state index in [1.54, 1.807) is 0 Å². The van der Waals surface area contributed by atoms with Gasteiger partial charge in [-0.05, 0) is 6.42 Å². The highest BCUT2D eigenvalue weighted by Crippen LogP contribution is 2.11. The van der Waals surface area contributed by atoms with Gasteiger partial charge in [0, 0.05) is 18.3 Å². The maximum Gasteiger partial charge on any atom is 0.416 e. The summed E-state index contributed by atoms with van der Waals surface area (Å²) in [5.41, 5.74) is 1.97. The molecule has 2 N–H and O–H groups in total. The fraction of sp³-hybridized carbons (Fsp3) is 0.118. The number of imidazole rings is 1. The Morgan fingerprint density at radius 2 is 1.92 bits per heavy atom. The van der Waals surface area contributed by atoms with Crippen LogP contribution in [-0.2, 0) is 0 Å². The molecule has 0 aromatic heterocycles. The lowest BCUT2D eigenvalue weighted by molar-refractivity contribution is 0.102. The van der Waals surface area contributed by atoms with Gasteiger partial charge in [0.1, 0.15) is 18.3 Å². The van der Waals surface area contributed by atoms with E-state index in [4.69, 9.17) is 5.11 Å². The van der Waals surface area contributed by atoms with Crippen LogP contribution >= 0.6 is 0 Å². The summed E-state index contributed by atoms with van der Waals surface area (Å²) in [6.07, 6.45) is 5.69. The molecule has 8 nitrogen and oxygen atoms in total. The van der Waals surface area contributed by atoms with Crippen molar-refractivity contribution in [1.82, 2.24) is 24.8 Å². The van der Waals surface area contributed by atoms with Crippen LogP contribution in [0.1, 0.15) is 16.8 Å². The Bertz CT molecular complexity index is 888. The molecule has 0 atom stereocenters. The smallest absolute Gasteiger partial charge is 0.416 e. The summed E-state index contributed by atoms with van der Waals surface area (Å²) in [4.78, 5) is 33.5. The third kappa shape index (κ3) is 3.86. The van der Waals surface area contributed by atoms with Gasteiger partial charge in [0.2, 0.25) is 5.78 Å². The van der Waals surface area contributed by atoms with Gasteiger partial charge in [-0.2, -0.15) is 0 Å². The fourth-order valence-corrected chi connectivity index (χ4v) is 2.26. The number of benzene rings is 1. The van der Waals surface area contributed by atoms with Crippen molar-refractivity contribution in [2.24, 2.45) is 0 Å². The molecule has 3 aliphatic rings. The van der Waals surface area contributed by atoms with Gasteiger partial charge in [0.05, 0.1) is 5.70 Å². The predicted octanol–water partition coefficient (Wildman–Crippen LogP) is 2.05. The van der Waals surface area contributed by atoms with E-state index in [1.807, 2.05) is 36.4 Å². The molecule has 0 spiro atoms. The number of rotatable bonds is 2. The molecule has 0 amide bonds. The van der Waals surface area contributed by atoms with Gasteiger partial charge in [-0.1, -0.05) is 36.4 Å². The number of carbonyl (C=O) groups is 2. The standard InChI is InChI=1S/C11H11NO.C6H4N4O2/c13-11(10-7-4-8-12-10)9-5-2-1-3-6-9;11-6(12)10-1-4-5(9-3-10)8-2-7-4/h1-3,5-7,12H,4,8H2;1-3H,(H,11,12). The van der Waals surface area contributed by atoms with Gasteiger partial charge in [0.25, 0.3) is 0 Å². The molecule has 4 rings (SSSR count). The van der Waals surface area contributed by atoms with Gasteiger partial charge in [-0.3, -0.25) is 4.79 Å². The minimum absolute atomic E-state index is 0.0955. The monoisotopic (exact) mass is 337 g/mol. The largest absolute Gasteiger partial charge is 0.464 e. The number of carboxylic acid groups (broad SMARTS) is 1. The second-order valence-electron chi connectivity index (χ2n) is 5.17. The number of fused-ring (bicyclic) bond motifs is 1. The van der Waals surface area contributed by atoms with Crippen LogP contribution < -0.4 is 5.32 Å². The van der Waals surface area contributed by atoms with Crippen molar-refractivity contribution in [3.8, 4) is 11.5 Å². The molecule has 0 unspecified atom stereocenters. The molecule has 1 aromatic carbocycles. The van der Waals surface area contributed by atoms with Gasteiger partial charge >= 0.3 is 6.09 Å². The van der Waals surface area contributed by atoms with Crippen molar-refractivity contribution in [2.45, 2.75) is 6.42 Å². The summed E-state index contributed by atoms with van der Waals surface area (Å²) in [6, 6.07) is 9.34. The van der Waals surface area contributed by atoms with Crippen molar-refractivity contribution in [3.05, 3.63) is 66.5 Å². The summed E-state index contributed by atoms with van der Waals surface area (Å²) < 4.78 is 0.928. The molecule has 0 saturated heterocycles. The molecule has 126 valence electrons. The molecule has 0 saturated carbocycles. The first-order chi connectivity index (χ1) is 12.1. The molecule has 0 bridgehead atoms. The average Bonchev–Trinajstić information content (AvgIpc) is 3.33. The lowest BCUT2D eigenvalue weighted by Crippen LogP contribution is -2.15. The molecule has 0 fully saturated rings. The van der Waals surface area contributed by atoms with Crippen LogP contribution in [0, 0.1) is 0 Å². The summed E-state index contributed by atoms with van der Waals surface area (Å²) in [5.74, 6) is 0.547. The van der Waals surface area contributed by atoms with E-state index in [-0.39, 0.29) is 5.78 Å².